The number of para-hydroxylation sites is 2. The molecule has 0 spiro atoms. The first-order chi connectivity index (χ1) is 21.0. The summed E-state index contributed by atoms with van der Waals surface area (Å²) in [4.78, 5) is 33.2. The van der Waals surface area contributed by atoms with Gasteiger partial charge in [-0.05, 0) is 61.5 Å². The zero-order valence-electron chi connectivity index (χ0n) is 24.5. The average molecular weight is 607 g/mol. The quantitative estimate of drug-likeness (QED) is 0.286. The van der Waals surface area contributed by atoms with E-state index in [1.165, 1.54) is 0 Å². The van der Waals surface area contributed by atoms with Crippen LogP contribution in [-0.4, -0.2) is 89.5 Å². The number of ether oxygens (including phenoxy) is 2. The molecule has 3 N–H and O–H groups in total. The lowest BCUT2D eigenvalue weighted by atomic mass is 10.1. The number of carbonyl (C=O) groups excluding carboxylic acids is 2. The number of hydrogen-bond acceptors (Lipinski definition) is 7. The molecule has 2 saturated heterocycles. The molecular formula is C32H39ClN6O4. The topological polar surface area (TPSA) is 98.4 Å². The van der Waals surface area contributed by atoms with Crippen LogP contribution in [0.2, 0.25) is 5.02 Å². The fourth-order valence-corrected chi connectivity index (χ4v) is 5.63. The molecule has 3 amide bonds. The van der Waals surface area contributed by atoms with E-state index in [9.17, 15) is 9.59 Å². The molecule has 10 nitrogen and oxygen atoms in total. The number of methoxy groups -OCH3 is 1. The van der Waals surface area contributed by atoms with Gasteiger partial charge in [-0.15, -0.1) is 0 Å². The van der Waals surface area contributed by atoms with E-state index in [-0.39, 0.29) is 5.91 Å². The molecule has 0 aliphatic carbocycles. The van der Waals surface area contributed by atoms with Gasteiger partial charge in [0.05, 0.1) is 31.6 Å². The summed E-state index contributed by atoms with van der Waals surface area (Å²) >= 11 is 6.05. The van der Waals surface area contributed by atoms with Gasteiger partial charge in [0.1, 0.15) is 5.75 Å². The van der Waals surface area contributed by atoms with Crippen LogP contribution in [0.4, 0.5) is 27.5 Å². The number of rotatable bonds is 10. The number of morpholine rings is 1. The van der Waals surface area contributed by atoms with Crippen LogP contribution in [0.5, 0.6) is 5.75 Å². The lowest BCUT2D eigenvalue weighted by Crippen LogP contribution is -2.47. The monoisotopic (exact) mass is 606 g/mol. The Kier molecular flexibility index (Phi) is 10.6. The highest BCUT2D eigenvalue weighted by atomic mass is 35.5. The summed E-state index contributed by atoms with van der Waals surface area (Å²) in [6, 6.07) is 20.0. The van der Waals surface area contributed by atoms with E-state index >= 15 is 0 Å². The van der Waals surface area contributed by atoms with Crippen LogP contribution in [0.1, 0.15) is 16.8 Å². The molecule has 2 fully saturated rings. The number of urea groups is 1. The summed E-state index contributed by atoms with van der Waals surface area (Å²) in [6.07, 6.45) is 0.846. The van der Waals surface area contributed by atoms with Gasteiger partial charge in [0.2, 0.25) is 0 Å². The third-order valence-electron chi connectivity index (χ3n) is 7.67. The predicted molar refractivity (Wildman–Crippen MR) is 172 cm³/mol. The lowest BCUT2D eigenvalue weighted by molar-refractivity contribution is 0.0374. The molecule has 228 valence electrons. The highest BCUT2D eigenvalue weighted by Crippen LogP contribution is 2.31. The Hall–Kier alpha value is -3.99. The van der Waals surface area contributed by atoms with Crippen LogP contribution in [-0.2, 0) is 4.74 Å². The van der Waals surface area contributed by atoms with Crippen molar-refractivity contribution >= 4 is 46.3 Å². The third kappa shape index (κ3) is 8.31. The van der Waals surface area contributed by atoms with E-state index < -0.39 is 6.03 Å². The molecule has 3 aromatic carbocycles. The smallest absolute Gasteiger partial charge is 0.323 e. The molecular weight excluding hydrogens is 568 g/mol. The molecule has 5 rings (SSSR count). The Balaban J connectivity index is 1.27. The van der Waals surface area contributed by atoms with Gasteiger partial charge in [0.15, 0.2) is 0 Å². The molecule has 0 radical (unpaired) electrons. The Labute approximate surface area is 257 Å². The number of carbonyl (C=O) groups is 2. The van der Waals surface area contributed by atoms with E-state index in [0.717, 1.165) is 82.6 Å². The minimum atomic E-state index is -0.419. The normalized spacial score (nSPS) is 15.6. The van der Waals surface area contributed by atoms with E-state index in [1.807, 2.05) is 30.3 Å². The van der Waals surface area contributed by atoms with Gasteiger partial charge < -0.3 is 35.2 Å². The maximum atomic E-state index is 13.6. The van der Waals surface area contributed by atoms with Crippen molar-refractivity contribution in [1.82, 2.24) is 10.2 Å². The Morgan fingerprint density at radius 3 is 2.26 bits per heavy atom. The summed E-state index contributed by atoms with van der Waals surface area (Å²) in [7, 11) is 1.69. The van der Waals surface area contributed by atoms with E-state index in [0.29, 0.717) is 28.5 Å². The molecule has 3 aromatic rings. The summed E-state index contributed by atoms with van der Waals surface area (Å²) in [5, 5.41) is 9.27. The third-order valence-corrected chi connectivity index (χ3v) is 7.90. The Bertz CT molecular complexity index is 1390. The molecule has 2 heterocycles. The molecule has 0 bridgehead atoms. The molecule has 0 unspecified atom stereocenters. The summed E-state index contributed by atoms with van der Waals surface area (Å²) in [5.41, 5.74) is 3.53. The van der Waals surface area contributed by atoms with Crippen LogP contribution in [0, 0.1) is 0 Å². The Morgan fingerprint density at radius 2 is 1.53 bits per heavy atom. The van der Waals surface area contributed by atoms with Crippen molar-refractivity contribution in [2.24, 2.45) is 0 Å². The minimum absolute atomic E-state index is 0.164. The van der Waals surface area contributed by atoms with Gasteiger partial charge in [0.25, 0.3) is 5.91 Å². The molecule has 43 heavy (non-hydrogen) atoms. The first-order valence-electron chi connectivity index (χ1n) is 14.7. The molecule has 2 aliphatic heterocycles. The van der Waals surface area contributed by atoms with Crippen LogP contribution in [0.3, 0.4) is 0 Å². The number of piperazine rings is 1. The van der Waals surface area contributed by atoms with Crippen LogP contribution < -0.4 is 30.5 Å². The molecule has 0 aromatic heterocycles. The number of nitrogens with one attached hydrogen (secondary N) is 3. The highest BCUT2D eigenvalue weighted by Gasteiger charge is 2.24. The number of benzene rings is 3. The van der Waals surface area contributed by atoms with Gasteiger partial charge in [-0.25, -0.2) is 4.79 Å². The van der Waals surface area contributed by atoms with Crippen molar-refractivity contribution < 1.29 is 19.1 Å². The van der Waals surface area contributed by atoms with Crippen molar-refractivity contribution in [3.8, 4) is 5.75 Å². The van der Waals surface area contributed by atoms with Gasteiger partial charge in [-0.3, -0.25) is 9.69 Å². The molecule has 11 heteroatoms. The molecule has 2 aliphatic rings. The Morgan fingerprint density at radius 1 is 0.837 bits per heavy atom. The zero-order valence-corrected chi connectivity index (χ0v) is 25.2. The van der Waals surface area contributed by atoms with E-state index in [1.54, 1.807) is 37.4 Å². The van der Waals surface area contributed by atoms with Crippen molar-refractivity contribution in [2.45, 2.75) is 6.42 Å². The summed E-state index contributed by atoms with van der Waals surface area (Å²) in [6.45, 7) is 7.85. The molecule has 0 saturated carbocycles. The van der Waals surface area contributed by atoms with Gasteiger partial charge >= 0.3 is 6.03 Å². The fourth-order valence-electron chi connectivity index (χ4n) is 5.43. The standard InChI is InChI=1S/C32H39ClN6O4/c1-42-30-9-3-2-8-29(30)39-16-14-38(15-17-39)28-11-10-26(36-32(41)35-25-7-4-6-24(33)22-25)23-27(28)31(40)34-12-5-13-37-18-20-43-21-19-37/h2-4,6-11,22-23H,5,12-21H2,1H3,(H,34,40)(H2,35,36,41). The van der Waals surface area contributed by atoms with Crippen LogP contribution >= 0.6 is 11.6 Å². The van der Waals surface area contributed by atoms with Crippen LogP contribution in [0.15, 0.2) is 66.7 Å². The van der Waals surface area contributed by atoms with Gasteiger partial charge in [-0.2, -0.15) is 0 Å². The zero-order chi connectivity index (χ0) is 30.0. The van der Waals surface area contributed by atoms with Gasteiger partial charge in [0, 0.05) is 67.9 Å². The SMILES string of the molecule is COc1ccccc1N1CCN(c2ccc(NC(=O)Nc3cccc(Cl)c3)cc2C(=O)NCCCN2CCOCC2)CC1. The number of halogens is 1. The second-order valence-electron chi connectivity index (χ2n) is 10.5. The van der Waals surface area contributed by atoms with Crippen molar-refractivity contribution in [3.05, 3.63) is 77.3 Å². The number of nitrogens with zero attached hydrogens (tertiary/aromatic N) is 3. The largest absolute Gasteiger partial charge is 0.495 e. The van der Waals surface area contributed by atoms with E-state index in [4.69, 9.17) is 21.1 Å². The van der Waals surface area contributed by atoms with Crippen molar-refractivity contribution in [2.75, 3.05) is 93.1 Å². The summed E-state index contributed by atoms with van der Waals surface area (Å²) < 4.78 is 11.0. The fraction of sp³-hybridized carbons (Fsp3) is 0.375. The number of anilines is 4. The van der Waals surface area contributed by atoms with Crippen molar-refractivity contribution in [1.29, 1.82) is 0 Å². The highest BCUT2D eigenvalue weighted by molar-refractivity contribution is 6.30. The predicted octanol–water partition coefficient (Wildman–Crippen LogP) is 4.77. The van der Waals surface area contributed by atoms with Gasteiger partial charge in [-0.1, -0.05) is 29.8 Å². The lowest BCUT2D eigenvalue weighted by Gasteiger charge is -2.38. The minimum Gasteiger partial charge on any atom is -0.495 e. The maximum absolute atomic E-state index is 13.6. The van der Waals surface area contributed by atoms with Crippen LogP contribution in [0.25, 0.3) is 0 Å². The summed E-state index contributed by atoms with van der Waals surface area (Å²) in [5.74, 6) is 0.683. The average Bonchev–Trinajstić information content (AvgIpc) is 3.03. The van der Waals surface area contributed by atoms with E-state index in [2.05, 4.69) is 36.7 Å². The second kappa shape index (κ2) is 15.0. The number of amides is 3. The maximum Gasteiger partial charge on any atom is 0.323 e. The first kappa shape index (κ1) is 30.5. The molecule has 0 atom stereocenters. The van der Waals surface area contributed by atoms with Crippen molar-refractivity contribution in [3.63, 3.8) is 0 Å². The second-order valence-corrected chi connectivity index (χ2v) is 11.0. The first-order valence-corrected chi connectivity index (χ1v) is 15.1. The number of hydrogen-bond donors (Lipinski definition) is 3.